The van der Waals surface area contributed by atoms with Crippen molar-refractivity contribution in [1.82, 2.24) is 15.0 Å². The molecule has 0 bridgehead atoms. The molecule has 0 aliphatic rings. The van der Waals surface area contributed by atoms with Gasteiger partial charge in [0.15, 0.2) is 17.5 Å². The van der Waals surface area contributed by atoms with Crippen LogP contribution in [-0.2, 0) is 0 Å². The summed E-state index contributed by atoms with van der Waals surface area (Å²) in [7, 11) is 0. The molecule has 5 nitrogen and oxygen atoms in total. The normalized spacial score (nSPS) is 12.1. The van der Waals surface area contributed by atoms with Crippen molar-refractivity contribution in [3.05, 3.63) is 169 Å². The van der Waals surface area contributed by atoms with E-state index in [4.69, 9.17) is 23.8 Å². The molecule has 0 aliphatic carbocycles. The van der Waals surface area contributed by atoms with Gasteiger partial charge in [0, 0.05) is 38.2 Å². The van der Waals surface area contributed by atoms with Crippen LogP contribution in [0.3, 0.4) is 0 Å². The van der Waals surface area contributed by atoms with Gasteiger partial charge in [-0.25, -0.2) is 15.0 Å². The fourth-order valence-corrected chi connectivity index (χ4v) is 7.30. The summed E-state index contributed by atoms with van der Waals surface area (Å²) in [6.45, 7) is 2.02. The van der Waals surface area contributed by atoms with Gasteiger partial charge in [0.25, 0.3) is 0 Å². The Morgan fingerprint density at radius 1 is 0.453 bits per heavy atom. The van der Waals surface area contributed by atoms with E-state index < -0.39 is 0 Å². The van der Waals surface area contributed by atoms with Crippen molar-refractivity contribution in [2.45, 2.75) is 6.92 Å². The number of para-hydroxylation sites is 2. The first kappa shape index (κ1) is 30.7. The molecule has 10 rings (SSSR count). The number of furan rings is 2. The van der Waals surface area contributed by atoms with Gasteiger partial charge in [0.2, 0.25) is 0 Å². The number of hydrogen-bond donors (Lipinski definition) is 0. The van der Waals surface area contributed by atoms with Crippen LogP contribution in [0, 0.1) is 0 Å². The largest absolute Gasteiger partial charge is 0.456 e. The van der Waals surface area contributed by atoms with Gasteiger partial charge >= 0.3 is 0 Å². The smallest absolute Gasteiger partial charge is 0.165 e. The number of benzene rings is 7. The molecule has 3 aromatic heterocycles. The van der Waals surface area contributed by atoms with E-state index in [1.165, 1.54) is 0 Å². The SMILES string of the molecule is C/C=C\C=C/c1ccc2cc(-c3nc(-c4ccccc4)nc(-c4c(-c5ccc6oc7ccccc7c6c5)ccc5oc6ccccc6c45)n3)ccc2c1. The number of allylic oxidation sites excluding steroid dienone is 3. The maximum absolute atomic E-state index is 6.44. The van der Waals surface area contributed by atoms with Crippen LogP contribution in [0.4, 0.5) is 0 Å². The third-order valence-electron chi connectivity index (χ3n) is 9.84. The van der Waals surface area contributed by atoms with E-state index in [1.54, 1.807) is 0 Å². The van der Waals surface area contributed by atoms with Crippen molar-refractivity contribution in [3.8, 4) is 45.3 Å². The van der Waals surface area contributed by atoms with Gasteiger partial charge in [-0.1, -0.05) is 121 Å². The molecule has 0 aliphatic heterocycles. The minimum absolute atomic E-state index is 0.572. The van der Waals surface area contributed by atoms with Gasteiger partial charge in [-0.3, -0.25) is 0 Å². The van der Waals surface area contributed by atoms with Crippen LogP contribution < -0.4 is 0 Å². The summed E-state index contributed by atoms with van der Waals surface area (Å²) in [4.78, 5) is 15.6. The van der Waals surface area contributed by atoms with Crippen LogP contribution in [0.2, 0.25) is 0 Å². The predicted octanol–water partition coefficient (Wildman–Crippen LogP) is 13.1. The van der Waals surface area contributed by atoms with Gasteiger partial charge in [-0.2, -0.15) is 0 Å². The quantitative estimate of drug-likeness (QED) is 0.163. The summed E-state index contributed by atoms with van der Waals surface area (Å²) in [5, 5.41) is 6.35. The van der Waals surface area contributed by atoms with E-state index in [-0.39, 0.29) is 0 Å². The van der Waals surface area contributed by atoms with Crippen LogP contribution in [0.5, 0.6) is 0 Å². The zero-order chi connectivity index (χ0) is 35.3. The molecule has 250 valence electrons. The Bertz CT molecular complexity index is 3080. The fourth-order valence-electron chi connectivity index (χ4n) is 7.30. The highest BCUT2D eigenvalue weighted by Gasteiger charge is 2.22. The molecule has 0 atom stereocenters. The third-order valence-corrected chi connectivity index (χ3v) is 9.84. The van der Waals surface area contributed by atoms with Gasteiger partial charge in [-0.15, -0.1) is 0 Å². The molecule has 53 heavy (non-hydrogen) atoms. The molecule has 0 N–H and O–H groups in total. The van der Waals surface area contributed by atoms with Crippen LogP contribution in [0.25, 0.3) is 106 Å². The van der Waals surface area contributed by atoms with Crippen molar-refractivity contribution < 1.29 is 8.83 Å². The van der Waals surface area contributed by atoms with Gasteiger partial charge < -0.3 is 8.83 Å². The van der Waals surface area contributed by atoms with Gasteiger partial charge in [-0.05, 0) is 82.9 Å². The van der Waals surface area contributed by atoms with Crippen LogP contribution in [0.1, 0.15) is 12.5 Å². The summed E-state index contributed by atoms with van der Waals surface area (Å²) in [5.41, 5.74) is 9.16. The number of rotatable bonds is 6. The highest BCUT2D eigenvalue weighted by molar-refractivity contribution is 6.16. The summed E-state index contributed by atoms with van der Waals surface area (Å²) in [6.07, 6.45) is 8.23. The van der Waals surface area contributed by atoms with E-state index in [9.17, 15) is 0 Å². The molecule has 10 aromatic rings. The second-order valence-electron chi connectivity index (χ2n) is 13.1. The van der Waals surface area contributed by atoms with Crippen molar-refractivity contribution in [1.29, 1.82) is 0 Å². The fraction of sp³-hybridized carbons (Fsp3) is 0.0208. The lowest BCUT2D eigenvalue weighted by atomic mass is 9.93. The van der Waals surface area contributed by atoms with Crippen LogP contribution in [-0.4, -0.2) is 15.0 Å². The zero-order valence-electron chi connectivity index (χ0n) is 28.8. The topological polar surface area (TPSA) is 65.0 Å². The monoisotopic (exact) mass is 681 g/mol. The van der Waals surface area contributed by atoms with Crippen molar-refractivity contribution in [2.75, 3.05) is 0 Å². The van der Waals surface area contributed by atoms with E-state index >= 15 is 0 Å². The van der Waals surface area contributed by atoms with Crippen molar-refractivity contribution in [3.63, 3.8) is 0 Å². The standard InChI is InChI=1S/C48H31N3O2/c1-2-3-5-12-30-19-20-33-28-35(22-21-32(33)27-30)47-49-46(31-13-6-4-7-14-31)50-48(51-47)45-36(24-26-43-44(45)38-16-9-11-18-41(38)53-43)34-23-25-42-39(29-34)37-15-8-10-17-40(37)52-42/h2-29H,1H3/b3-2-,12-5-. The minimum atomic E-state index is 0.572. The molecular formula is C48H31N3O2. The maximum Gasteiger partial charge on any atom is 0.165 e. The maximum atomic E-state index is 6.44. The molecule has 5 heteroatoms. The Morgan fingerprint density at radius 2 is 1.09 bits per heavy atom. The average molecular weight is 682 g/mol. The summed E-state index contributed by atoms with van der Waals surface area (Å²) < 4.78 is 12.7. The first-order chi connectivity index (χ1) is 26.2. The van der Waals surface area contributed by atoms with E-state index in [0.717, 1.165) is 88.0 Å². The Labute approximate surface area is 305 Å². The molecule has 0 spiro atoms. The molecule has 7 aromatic carbocycles. The lowest BCUT2D eigenvalue weighted by molar-refractivity contribution is 0.668. The van der Waals surface area contributed by atoms with Crippen LogP contribution in [0.15, 0.2) is 173 Å². The molecule has 0 unspecified atom stereocenters. The summed E-state index contributed by atoms with van der Waals surface area (Å²) in [6, 6.07) is 49.9. The second kappa shape index (κ2) is 12.6. The number of hydrogen-bond acceptors (Lipinski definition) is 5. The molecular weight excluding hydrogens is 651 g/mol. The lowest BCUT2D eigenvalue weighted by Gasteiger charge is -2.14. The molecule has 3 heterocycles. The molecule has 0 radical (unpaired) electrons. The van der Waals surface area contributed by atoms with Crippen LogP contribution >= 0.6 is 0 Å². The van der Waals surface area contributed by atoms with Crippen molar-refractivity contribution >= 4 is 60.7 Å². The third kappa shape index (κ3) is 5.38. The Morgan fingerprint density at radius 3 is 1.94 bits per heavy atom. The molecule has 0 saturated heterocycles. The van der Waals surface area contributed by atoms with E-state index in [1.807, 2.05) is 85.8 Å². The van der Waals surface area contributed by atoms with Crippen molar-refractivity contribution in [2.24, 2.45) is 0 Å². The Hall–Kier alpha value is -7.11. The van der Waals surface area contributed by atoms with E-state index in [2.05, 4.69) is 91.0 Å². The minimum Gasteiger partial charge on any atom is -0.456 e. The van der Waals surface area contributed by atoms with Gasteiger partial charge in [0.1, 0.15) is 22.3 Å². The molecule has 0 amide bonds. The number of fused-ring (bicyclic) bond motifs is 7. The summed E-state index contributed by atoms with van der Waals surface area (Å²) >= 11 is 0. The predicted molar refractivity (Wildman–Crippen MR) is 217 cm³/mol. The highest BCUT2D eigenvalue weighted by Crippen LogP contribution is 2.43. The average Bonchev–Trinajstić information content (AvgIpc) is 3.79. The summed E-state index contributed by atoms with van der Waals surface area (Å²) in [5.74, 6) is 1.77. The Balaban J connectivity index is 1.23. The van der Waals surface area contributed by atoms with E-state index in [0.29, 0.717) is 17.5 Å². The number of aromatic nitrogens is 3. The highest BCUT2D eigenvalue weighted by atomic mass is 16.3. The zero-order valence-corrected chi connectivity index (χ0v) is 28.8. The number of nitrogens with zero attached hydrogens (tertiary/aromatic N) is 3. The lowest BCUT2D eigenvalue weighted by Crippen LogP contribution is -2.01. The second-order valence-corrected chi connectivity index (χ2v) is 13.1. The first-order valence-electron chi connectivity index (χ1n) is 17.7. The van der Waals surface area contributed by atoms with Gasteiger partial charge in [0.05, 0.1) is 0 Å². The Kier molecular flexibility index (Phi) is 7.29. The molecule has 0 saturated carbocycles. The molecule has 0 fully saturated rings. The first-order valence-corrected chi connectivity index (χ1v) is 17.7.